The molecule has 116 valence electrons. The van der Waals surface area contributed by atoms with Crippen LogP contribution in [0.3, 0.4) is 0 Å². The van der Waals surface area contributed by atoms with Crippen molar-refractivity contribution in [1.82, 2.24) is 9.80 Å². The second-order valence-corrected chi connectivity index (χ2v) is 5.41. The fourth-order valence-electron chi connectivity index (χ4n) is 2.89. The number of aliphatic carboxylic acids is 1. The number of urea groups is 1. The van der Waals surface area contributed by atoms with Gasteiger partial charge >= 0.3 is 12.0 Å². The molecule has 0 unspecified atom stereocenters. The number of nitrogens with zero attached hydrogens (tertiary/aromatic N) is 2. The number of likely N-dealkylation sites (tertiary alicyclic amines) is 1. The van der Waals surface area contributed by atoms with E-state index in [0.29, 0.717) is 45.4 Å². The third-order valence-electron chi connectivity index (χ3n) is 4.20. The number of carboxylic acid groups (broad SMARTS) is 1. The molecule has 2 amide bonds. The van der Waals surface area contributed by atoms with E-state index in [4.69, 9.17) is 5.11 Å². The first-order valence-electron chi connectivity index (χ1n) is 7.39. The Morgan fingerprint density at radius 3 is 2.25 bits per heavy atom. The Balaban J connectivity index is 2.64. The van der Waals surface area contributed by atoms with Crippen LogP contribution >= 0.6 is 0 Å². The first-order valence-corrected chi connectivity index (χ1v) is 7.39. The van der Waals surface area contributed by atoms with Gasteiger partial charge in [0.05, 0.1) is 12.0 Å². The maximum absolute atomic E-state index is 12.3. The summed E-state index contributed by atoms with van der Waals surface area (Å²) >= 11 is 0. The number of piperidine rings is 1. The molecule has 6 heteroatoms. The molecule has 1 rings (SSSR count). The number of amides is 2. The van der Waals surface area contributed by atoms with Crippen molar-refractivity contribution in [2.24, 2.45) is 5.41 Å². The monoisotopic (exact) mass is 286 g/mol. The summed E-state index contributed by atoms with van der Waals surface area (Å²) in [6, 6.07) is -0.1000. The van der Waals surface area contributed by atoms with Crippen LogP contribution < -0.4 is 0 Å². The minimum absolute atomic E-state index is 0.0533. The highest BCUT2D eigenvalue weighted by Crippen LogP contribution is 2.36. The van der Waals surface area contributed by atoms with Gasteiger partial charge in [-0.05, 0) is 26.2 Å². The highest BCUT2D eigenvalue weighted by molar-refractivity contribution is 5.77. The Morgan fingerprint density at radius 1 is 1.25 bits per heavy atom. The molecule has 0 aromatic carbocycles. The Bertz CT molecular complexity index is 338. The molecule has 0 radical (unpaired) electrons. The van der Waals surface area contributed by atoms with Gasteiger partial charge in [-0.3, -0.25) is 4.79 Å². The standard InChI is InChI=1S/C14H26N2O4/c1-3-5-14(12(18)19)6-8-16(9-7-14)13(20)15(4-2)10-11-17/h17H,3-11H2,1-2H3,(H,18,19). The van der Waals surface area contributed by atoms with Crippen LogP contribution in [0, 0.1) is 5.41 Å². The van der Waals surface area contributed by atoms with Crippen LogP contribution in [0.4, 0.5) is 4.79 Å². The van der Waals surface area contributed by atoms with Crippen molar-refractivity contribution in [2.45, 2.75) is 39.5 Å². The Labute approximate surface area is 120 Å². The molecule has 1 aliphatic rings. The van der Waals surface area contributed by atoms with Gasteiger partial charge in [-0.1, -0.05) is 13.3 Å². The molecular weight excluding hydrogens is 260 g/mol. The second kappa shape index (κ2) is 7.47. The van der Waals surface area contributed by atoms with Crippen LogP contribution in [0.25, 0.3) is 0 Å². The van der Waals surface area contributed by atoms with Crippen LogP contribution in [0.1, 0.15) is 39.5 Å². The lowest BCUT2D eigenvalue weighted by molar-refractivity contribution is -0.152. The van der Waals surface area contributed by atoms with E-state index in [1.807, 2.05) is 13.8 Å². The number of hydrogen-bond donors (Lipinski definition) is 2. The van der Waals surface area contributed by atoms with Gasteiger partial charge in [0.15, 0.2) is 0 Å². The van der Waals surface area contributed by atoms with Crippen LogP contribution in [0.15, 0.2) is 0 Å². The third kappa shape index (κ3) is 3.62. The molecule has 0 aromatic rings. The van der Waals surface area contributed by atoms with Crippen LogP contribution in [0.5, 0.6) is 0 Å². The molecule has 1 aliphatic heterocycles. The maximum atomic E-state index is 12.3. The van der Waals surface area contributed by atoms with Crippen molar-refractivity contribution >= 4 is 12.0 Å². The average Bonchev–Trinajstić information content (AvgIpc) is 2.45. The van der Waals surface area contributed by atoms with E-state index in [1.165, 1.54) is 0 Å². The molecule has 0 bridgehead atoms. The fourth-order valence-corrected chi connectivity index (χ4v) is 2.89. The smallest absolute Gasteiger partial charge is 0.320 e. The van der Waals surface area contributed by atoms with Crippen molar-refractivity contribution in [3.05, 3.63) is 0 Å². The predicted molar refractivity (Wildman–Crippen MR) is 75.5 cm³/mol. The molecule has 20 heavy (non-hydrogen) atoms. The SMILES string of the molecule is CCCC1(C(=O)O)CCN(C(=O)N(CC)CCO)CC1. The van der Waals surface area contributed by atoms with Gasteiger partial charge in [0.2, 0.25) is 0 Å². The first-order chi connectivity index (χ1) is 9.50. The summed E-state index contributed by atoms with van der Waals surface area (Å²) in [7, 11) is 0. The highest BCUT2D eigenvalue weighted by Gasteiger charge is 2.41. The largest absolute Gasteiger partial charge is 0.481 e. The minimum atomic E-state index is -0.742. The molecule has 0 saturated carbocycles. The van der Waals surface area contributed by atoms with Gasteiger partial charge in [-0.15, -0.1) is 0 Å². The molecule has 0 aromatic heterocycles. The lowest BCUT2D eigenvalue weighted by Gasteiger charge is -2.40. The lowest BCUT2D eigenvalue weighted by atomic mass is 9.75. The van der Waals surface area contributed by atoms with Gasteiger partial charge in [-0.25, -0.2) is 4.79 Å². The predicted octanol–water partition coefficient (Wildman–Crippen LogP) is 1.39. The molecule has 0 atom stereocenters. The Hall–Kier alpha value is -1.30. The number of rotatable bonds is 6. The number of carboxylic acids is 1. The number of likely N-dealkylation sites (N-methyl/N-ethyl adjacent to an activating group) is 1. The van der Waals surface area contributed by atoms with E-state index >= 15 is 0 Å². The van der Waals surface area contributed by atoms with Gasteiger partial charge in [0, 0.05) is 26.2 Å². The van der Waals surface area contributed by atoms with E-state index in [-0.39, 0.29) is 12.6 Å². The summed E-state index contributed by atoms with van der Waals surface area (Å²) in [4.78, 5) is 27.0. The number of aliphatic hydroxyl groups excluding tert-OH is 1. The van der Waals surface area contributed by atoms with Crippen molar-refractivity contribution in [3.63, 3.8) is 0 Å². The summed E-state index contributed by atoms with van der Waals surface area (Å²) in [5, 5.41) is 18.4. The Morgan fingerprint density at radius 2 is 1.85 bits per heavy atom. The number of aliphatic hydroxyl groups is 1. The van der Waals surface area contributed by atoms with E-state index in [9.17, 15) is 14.7 Å². The molecule has 0 aliphatic carbocycles. The number of carbonyl (C=O) groups excluding carboxylic acids is 1. The van der Waals surface area contributed by atoms with Crippen molar-refractivity contribution in [3.8, 4) is 0 Å². The molecule has 1 heterocycles. The topological polar surface area (TPSA) is 81.1 Å². The average molecular weight is 286 g/mol. The Kier molecular flexibility index (Phi) is 6.26. The highest BCUT2D eigenvalue weighted by atomic mass is 16.4. The third-order valence-corrected chi connectivity index (χ3v) is 4.20. The molecule has 6 nitrogen and oxygen atoms in total. The molecule has 1 fully saturated rings. The summed E-state index contributed by atoms with van der Waals surface area (Å²) < 4.78 is 0. The number of carbonyl (C=O) groups is 2. The van der Waals surface area contributed by atoms with Gasteiger partial charge in [0.25, 0.3) is 0 Å². The fraction of sp³-hybridized carbons (Fsp3) is 0.857. The van der Waals surface area contributed by atoms with Gasteiger partial charge < -0.3 is 20.0 Å². The normalized spacial score (nSPS) is 17.9. The zero-order chi connectivity index (χ0) is 15.2. The molecular formula is C14H26N2O4. The van der Waals surface area contributed by atoms with E-state index in [0.717, 1.165) is 6.42 Å². The van der Waals surface area contributed by atoms with E-state index in [1.54, 1.807) is 9.80 Å². The van der Waals surface area contributed by atoms with Crippen LogP contribution in [0.2, 0.25) is 0 Å². The maximum Gasteiger partial charge on any atom is 0.320 e. The summed E-state index contributed by atoms with van der Waals surface area (Å²) in [5.74, 6) is -0.742. The van der Waals surface area contributed by atoms with Gasteiger partial charge in [0.1, 0.15) is 0 Å². The summed E-state index contributed by atoms with van der Waals surface area (Å²) in [6.45, 7) is 5.64. The van der Waals surface area contributed by atoms with Crippen molar-refractivity contribution in [2.75, 3.05) is 32.8 Å². The van der Waals surface area contributed by atoms with E-state index in [2.05, 4.69) is 0 Å². The van der Waals surface area contributed by atoms with Crippen molar-refractivity contribution < 1.29 is 19.8 Å². The summed E-state index contributed by atoms with van der Waals surface area (Å²) in [6.07, 6.45) is 2.53. The minimum Gasteiger partial charge on any atom is -0.481 e. The zero-order valence-electron chi connectivity index (χ0n) is 12.5. The quantitative estimate of drug-likeness (QED) is 0.773. The lowest BCUT2D eigenvalue weighted by Crippen LogP contribution is -2.51. The molecule has 2 N–H and O–H groups in total. The second-order valence-electron chi connectivity index (χ2n) is 5.41. The van der Waals surface area contributed by atoms with Gasteiger partial charge in [-0.2, -0.15) is 0 Å². The number of hydrogen-bond acceptors (Lipinski definition) is 3. The molecule has 1 saturated heterocycles. The summed E-state index contributed by atoms with van der Waals surface area (Å²) in [5.41, 5.74) is -0.667. The first kappa shape index (κ1) is 16.8. The molecule has 0 spiro atoms. The van der Waals surface area contributed by atoms with Crippen LogP contribution in [-0.4, -0.2) is 64.8 Å². The van der Waals surface area contributed by atoms with E-state index < -0.39 is 11.4 Å². The zero-order valence-corrected chi connectivity index (χ0v) is 12.5. The van der Waals surface area contributed by atoms with Crippen LogP contribution in [-0.2, 0) is 4.79 Å². The van der Waals surface area contributed by atoms with Crippen molar-refractivity contribution in [1.29, 1.82) is 0 Å².